The fraction of sp³-hybridized carbons (Fsp3) is 0. The SMILES string of the molecule is c1ccc(-c2ccc(-c3nc(-c4ccccc4)nc(-c4cccc5c4sc4c(-c6cc(-c7ccccc7)cc7c6sc6ccccc67)cccc45)n3)cc2)cc1. The van der Waals surface area contributed by atoms with Crippen LogP contribution in [0.3, 0.4) is 0 Å². The highest BCUT2D eigenvalue weighted by Gasteiger charge is 2.20. The van der Waals surface area contributed by atoms with Crippen molar-refractivity contribution in [3.05, 3.63) is 188 Å². The van der Waals surface area contributed by atoms with E-state index < -0.39 is 0 Å². The molecular weight excluding hydrogens is 719 g/mol. The molecule has 0 aliphatic carbocycles. The van der Waals surface area contributed by atoms with Crippen LogP contribution in [0.4, 0.5) is 0 Å². The number of hydrogen-bond donors (Lipinski definition) is 0. The van der Waals surface area contributed by atoms with E-state index in [1.54, 1.807) is 0 Å². The van der Waals surface area contributed by atoms with E-state index in [1.807, 2.05) is 46.9 Å². The maximum atomic E-state index is 5.20. The number of rotatable bonds is 6. The van der Waals surface area contributed by atoms with Crippen molar-refractivity contribution in [1.82, 2.24) is 15.0 Å². The maximum absolute atomic E-state index is 5.20. The average Bonchev–Trinajstić information content (AvgIpc) is 3.86. The summed E-state index contributed by atoms with van der Waals surface area (Å²) in [5.41, 5.74) is 10.2. The quantitative estimate of drug-likeness (QED) is 0.170. The Morgan fingerprint density at radius 3 is 1.41 bits per heavy atom. The molecule has 0 spiro atoms. The van der Waals surface area contributed by atoms with Gasteiger partial charge in [0.15, 0.2) is 17.5 Å². The summed E-state index contributed by atoms with van der Waals surface area (Å²) in [6, 6.07) is 66.7. The van der Waals surface area contributed by atoms with Gasteiger partial charge in [-0.2, -0.15) is 0 Å². The normalized spacial score (nSPS) is 11.6. The van der Waals surface area contributed by atoms with Gasteiger partial charge in [0.05, 0.1) is 0 Å². The summed E-state index contributed by atoms with van der Waals surface area (Å²) in [5, 5.41) is 5.03. The molecule has 0 saturated carbocycles. The molecule has 3 heterocycles. The van der Waals surface area contributed by atoms with Crippen molar-refractivity contribution >= 4 is 63.0 Å². The van der Waals surface area contributed by atoms with Gasteiger partial charge in [0.2, 0.25) is 0 Å². The lowest BCUT2D eigenvalue weighted by atomic mass is 9.95. The fourth-order valence-electron chi connectivity index (χ4n) is 7.82. The van der Waals surface area contributed by atoms with E-state index in [4.69, 9.17) is 15.0 Å². The first-order chi connectivity index (χ1) is 27.7. The van der Waals surface area contributed by atoms with Crippen LogP contribution in [-0.4, -0.2) is 15.0 Å². The molecule has 8 aromatic carbocycles. The molecule has 11 rings (SSSR count). The van der Waals surface area contributed by atoms with Gasteiger partial charge in [0.25, 0.3) is 0 Å². The van der Waals surface area contributed by atoms with Crippen LogP contribution in [0.15, 0.2) is 188 Å². The second kappa shape index (κ2) is 13.5. The van der Waals surface area contributed by atoms with Gasteiger partial charge in [0, 0.05) is 68.2 Å². The maximum Gasteiger partial charge on any atom is 0.165 e. The monoisotopic (exact) mass is 749 g/mol. The third-order valence-corrected chi connectivity index (χ3v) is 13.1. The number of thiophene rings is 2. The topological polar surface area (TPSA) is 38.7 Å². The molecule has 3 nitrogen and oxygen atoms in total. The molecule has 0 fully saturated rings. The van der Waals surface area contributed by atoms with E-state index in [9.17, 15) is 0 Å². The molecular formula is C51H31N3S2. The summed E-state index contributed by atoms with van der Waals surface area (Å²) in [4.78, 5) is 15.4. The fourth-order valence-corrected chi connectivity index (χ4v) is 10.4. The predicted octanol–water partition coefficient (Wildman–Crippen LogP) is 14.6. The van der Waals surface area contributed by atoms with E-state index in [0.717, 1.165) is 27.0 Å². The van der Waals surface area contributed by atoms with Crippen LogP contribution in [0.1, 0.15) is 0 Å². The number of aromatic nitrogens is 3. The van der Waals surface area contributed by atoms with E-state index in [2.05, 4.69) is 164 Å². The van der Waals surface area contributed by atoms with Gasteiger partial charge < -0.3 is 0 Å². The lowest BCUT2D eigenvalue weighted by molar-refractivity contribution is 1.08. The Morgan fingerprint density at radius 1 is 0.268 bits per heavy atom. The van der Waals surface area contributed by atoms with Gasteiger partial charge in [-0.1, -0.05) is 164 Å². The zero-order valence-electron chi connectivity index (χ0n) is 30.1. The van der Waals surface area contributed by atoms with Crippen LogP contribution in [0, 0.1) is 0 Å². The van der Waals surface area contributed by atoms with Crippen LogP contribution < -0.4 is 0 Å². The molecule has 3 aromatic heterocycles. The lowest BCUT2D eigenvalue weighted by Crippen LogP contribution is -2.00. The number of fused-ring (bicyclic) bond motifs is 6. The molecule has 0 saturated heterocycles. The zero-order valence-corrected chi connectivity index (χ0v) is 31.7. The number of nitrogens with zero attached hydrogens (tertiary/aromatic N) is 3. The van der Waals surface area contributed by atoms with Crippen molar-refractivity contribution in [2.24, 2.45) is 0 Å². The molecule has 0 aliphatic rings. The van der Waals surface area contributed by atoms with Crippen LogP contribution in [0.25, 0.3) is 108 Å². The highest BCUT2D eigenvalue weighted by atomic mass is 32.1. The average molecular weight is 750 g/mol. The Labute approximate surface area is 331 Å². The van der Waals surface area contributed by atoms with Gasteiger partial charge in [-0.25, -0.2) is 15.0 Å². The molecule has 5 heteroatoms. The second-order valence-electron chi connectivity index (χ2n) is 13.9. The second-order valence-corrected chi connectivity index (χ2v) is 16.0. The standard InChI is InChI=1S/C51H31N3S2/c1-4-14-32(15-5-1)34-26-28-36(29-27-34)50-52-49(35-18-8-3-9-19-35)53-51(54-50)42-24-13-22-40-39-21-12-23-41(46(39)56-47(40)42)44-31-37(33-16-6-2-7-17-33)30-43-38-20-10-11-25-45(38)55-48(43)44/h1-31H. The van der Waals surface area contributed by atoms with Gasteiger partial charge in [0.1, 0.15) is 0 Å². The zero-order chi connectivity index (χ0) is 37.0. The largest absolute Gasteiger partial charge is 0.208 e. The highest BCUT2D eigenvalue weighted by Crippen LogP contribution is 2.48. The van der Waals surface area contributed by atoms with Crippen LogP contribution in [0.2, 0.25) is 0 Å². The molecule has 0 aliphatic heterocycles. The molecule has 56 heavy (non-hydrogen) atoms. The Balaban J connectivity index is 1.11. The van der Waals surface area contributed by atoms with Gasteiger partial charge in [-0.05, 0) is 46.5 Å². The van der Waals surface area contributed by atoms with Gasteiger partial charge in [-0.3, -0.25) is 0 Å². The van der Waals surface area contributed by atoms with Crippen molar-refractivity contribution in [3.63, 3.8) is 0 Å². The Hall–Kier alpha value is -6.79. The Bertz CT molecular complexity index is 3220. The minimum atomic E-state index is 0.650. The molecule has 0 unspecified atom stereocenters. The van der Waals surface area contributed by atoms with Gasteiger partial charge >= 0.3 is 0 Å². The smallest absolute Gasteiger partial charge is 0.165 e. The third kappa shape index (κ3) is 5.60. The molecule has 0 atom stereocenters. The van der Waals surface area contributed by atoms with Crippen molar-refractivity contribution < 1.29 is 0 Å². The summed E-state index contributed by atoms with van der Waals surface area (Å²) >= 11 is 3.71. The van der Waals surface area contributed by atoms with Crippen molar-refractivity contribution in [1.29, 1.82) is 0 Å². The third-order valence-electron chi connectivity index (χ3n) is 10.6. The molecule has 0 radical (unpaired) electrons. The minimum absolute atomic E-state index is 0.650. The minimum Gasteiger partial charge on any atom is -0.208 e. The van der Waals surface area contributed by atoms with E-state index in [0.29, 0.717) is 17.5 Å². The number of benzene rings is 8. The lowest BCUT2D eigenvalue weighted by Gasteiger charge is -2.10. The summed E-state index contributed by atoms with van der Waals surface area (Å²) in [6.45, 7) is 0. The molecule has 262 valence electrons. The van der Waals surface area contributed by atoms with Crippen LogP contribution >= 0.6 is 22.7 Å². The van der Waals surface area contributed by atoms with Gasteiger partial charge in [-0.15, -0.1) is 22.7 Å². The first-order valence-corrected chi connectivity index (χ1v) is 20.3. The van der Waals surface area contributed by atoms with E-state index >= 15 is 0 Å². The highest BCUT2D eigenvalue weighted by molar-refractivity contribution is 7.27. The van der Waals surface area contributed by atoms with Crippen LogP contribution in [-0.2, 0) is 0 Å². The molecule has 11 aromatic rings. The van der Waals surface area contributed by atoms with E-state index in [1.165, 1.54) is 63.5 Å². The van der Waals surface area contributed by atoms with Crippen LogP contribution in [0.5, 0.6) is 0 Å². The summed E-state index contributed by atoms with van der Waals surface area (Å²) < 4.78 is 5.03. The van der Waals surface area contributed by atoms with E-state index in [-0.39, 0.29) is 0 Å². The summed E-state index contributed by atoms with van der Waals surface area (Å²) in [5.74, 6) is 1.97. The first-order valence-electron chi connectivity index (χ1n) is 18.7. The number of hydrogen-bond acceptors (Lipinski definition) is 5. The molecule has 0 bridgehead atoms. The predicted molar refractivity (Wildman–Crippen MR) is 238 cm³/mol. The summed E-state index contributed by atoms with van der Waals surface area (Å²) in [7, 11) is 0. The molecule has 0 N–H and O–H groups in total. The first kappa shape index (κ1) is 32.6. The van der Waals surface area contributed by atoms with Crippen molar-refractivity contribution in [3.8, 4) is 67.5 Å². The molecule has 0 amide bonds. The van der Waals surface area contributed by atoms with Crippen molar-refractivity contribution in [2.75, 3.05) is 0 Å². The van der Waals surface area contributed by atoms with Crippen molar-refractivity contribution in [2.45, 2.75) is 0 Å². The Morgan fingerprint density at radius 2 is 0.732 bits per heavy atom. The Kier molecular flexibility index (Phi) is 7.87. The summed E-state index contributed by atoms with van der Waals surface area (Å²) in [6.07, 6.45) is 0.